The molecule has 128 valence electrons. The Morgan fingerprint density at radius 3 is 2.64 bits per heavy atom. The number of aliphatic imine (C=N–C) groups is 1. The molecule has 1 aliphatic heterocycles. The van der Waals surface area contributed by atoms with Gasteiger partial charge in [-0.15, -0.1) is 0 Å². The van der Waals surface area contributed by atoms with E-state index in [-0.39, 0.29) is 18.3 Å². The molecule has 25 heavy (non-hydrogen) atoms. The molecule has 0 saturated heterocycles. The SMILES string of the molecule is O=C1C(CO)N=C(c2cccc(O)c2)c2ccccc2N1CC1CC1. The van der Waals surface area contributed by atoms with Gasteiger partial charge in [0, 0.05) is 17.7 Å². The van der Waals surface area contributed by atoms with Gasteiger partial charge in [0.25, 0.3) is 5.91 Å². The molecule has 1 saturated carbocycles. The van der Waals surface area contributed by atoms with Gasteiger partial charge in [-0.05, 0) is 37.0 Å². The van der Waals surface area contributed by atoms with Crippen molar-refractivity contribution in [2.45, 2.75) is 18.9 Å². The Balaban J connectivity index is 1.88. The van der Waals surface area contributed by atoms with Gasteiger partial charge in [-0.1, -0.05) is 30.3 Å². The number of hydrogen-bond donors (Lipinski definition) is 2. The number of amides is 1. The molecule has 2 aliphatic rings. The van der Waals surface area contributed by atoms with Gasteiger partial charge >= 0.3 is 0 Å². The number of aromatic hydroxyl groups is 1. The molecule has 1 amide bonds. The normalized spacial score (nSPS) is 20.0. The molecule has 2 aromatic carbocycles. The molecule has 0 bridgehead atoms. The summed E-state index contributed by atoms with van der Waals surface area (Å²) in [5, 5.41) is 19.6. The molecule has 2 aromatic rings. The molecular weight excluding hydrogens is 316 g/mol. The van der Waals surface area contributed by atoms with Crippen molar-refractivity contribution in [2.24, 2.45) is 10.9 Å². The predicted octanol–water partition coefficient (Wildman–Crippen LogP) is 2.35. The number of phenolic OH excluding ortho intramolecular Hbond substituents is 1. The van der Waals surface area contributed by atoms with E-state index in [4.69, 9.17) is 0 Å². The summed E-state index contributed by atoms with van der Waals surface area (Å²) in [5.41, 5.74) is 3.01. The molecule has 1 fully saturated rings. The van der Waals surface area contributed by atoms with Crippen LogP contribution in [0.3, 0.4) is 0 Å². The van der Waals surface area contributed by atoms with Crippen molar-refractivity contribution < 1.29 is 15.0 Å². The van der Waals surface area contributed by atoms with E-state index in [1.54, 1.807) is 23.1 Å². The van der Waals surface area contributed by atoms with Crippen molar-refractivity contribution in [1.82, 2.24) is 0 Å². The summed E-state index contributed by atoms with van der Waals surface area (Å²) >= 11 is 0. The maximum atomic E-state index is 13.0. The number of anilines is 1. The van der Waals surface area contributed by atoms with Gasteiger partial charge < -0.3 is 15.1 Å². The largest absolute Gasteiger partial charge is 0.508 e. The first-order valence-corrected chi connectivity index (χ1v) is 8.56. The van der Waals surface area contributed by atoms with Crippen LogP contribution in [0.5, 0.6) is 5.75 Å². The van der Waals surface area contributed by atoms with Gasteiger partial charge in [0.1, 0.15) is 5.75 Å². The molecule has 2 N–H and O–H groups in total. The highest BCUT2D eigenvalue weighted by Crippen LogP contribution is 2.35. The number of rotatable bonds is 4. The summed E-state index contributed by atoms with van der Waals surface area (Å²) in [6, 6.07) is 13.7. The fourth-order valence-corrected chi connectivity index (χ4v) is 3.24. The third kappa shape index (κ3) is 3.03. The highest BCUT2D eigenvalue weighted by molar-refractivity contribution is 6.20. The number of carbonyl (C=O) groups is 1. The molecule has 1 aliphatic carbocycles. The Bertz CT molecular complexity index is 842. The smallest absolute Gasteiger partial charge is 0.254 e. The first kappa shape index (κ1) is 15.8. The van der Waals surface area contributed by atoms with Gasteiger partial charge in [0.05, 0.1) is 18.0 Å². The van der Waals surface area contributed by atoms with Crippen LogP contribution < -0.4 is 4.90 Å². The molecule has 0 radical (unpaired) electrons. The van der Waals surface area contributed by atoms with Gasteiger partial charge in [0.2, 0.25) is 0 Å². The lowest BCUT2D eigenvalue weighted by atomic mass is 10.00. The van der Waals surface area contributed by atoms with Crippen molar-refractivity contribution in [3.8, 4) is 5.75 Å². The van der Waals surface area contributed by atoms with Crippen molar-refractivity contribution in [1.29, 1.82) is 0 Å². The molecule has 5 heteroatoms. The van der Waals surface area contributed by atoms with Crippen LogP contribution in [0.2, 0.25) is 0 Å². The Labute approximate surface area is 146 Å². The number of aliphatic hydroxyl groups excluding tert-OH is 1. The average molecular weight is 336 g/mol. The van der Waals surface area contributed by atoms with Gasteiger partial charge in [-0.3, -0.25) is 9.79 Å². The number of benzodiazepines with no additional fused rings is 1. The number of carbonyl (C=O) groups excluding carboxylic acids is 1. The molecule has 1 atom stereocenters. The minimum atomic E-state index is -0.830. The number of benzene rings is 2. The van der Waals surface area contributed by atoms with Gasteiger partial charge in [0.15, 0.2) is 6.04 Å². The third-order valence-electron chi connectivity index (χ3n) is 4.72. The predicted molar refractivity (Wildman–Crippen MR) is 96.1 cm³/mol. The van der Waals surface area contributed by atoms with Crippen LogP contribution in [0.25, 0.3) is 0 Å². The standard InChI is InChI=1S/C20H20N2O3/c23-12-17-20(25)22(11-13-8-9-13)18-7-2-1-6-16(18)19(21-17)14-4-3-5-15(24)10-14/h1-7,10,13,17,23-24H,8-9,11-12H2. The highest BCUT2D eigenvalue weighted by atomic mass is 16.3. The van der Waals surface area contributed by atoms with E-state index in [1.807, 2.05) is 30.3 Å². The topological polar surface area (TPSA) is 73.1 Å². The van der Waals surface area contributed by atoms with Crippen LogP contribution in [0.4, 0.5) is 5.69 Å². The Morgan fingerprint density at radius 1 is 1.12 bits per heavy atom. The van der Waals surface area contributed by atoms with Crippen LogP contribution in [-0.2, 0) is 4.79 Å². The number of fused-ring (bicyclic) bond motifs is 1. The summed E-state index contributed by atoms with van der Waals surface area (Å²) in [4.78, 5) is 19.3. The van der Waals surface area contributed by atoms with Crippen LogP contribution >= 0.6 is 0 Å². The van der Waals surface area contributed by atoms with Crippen LogP contribution in [0, 0.1) is 5.92 Å². The summed E-state index contributed by atoms with van der Waals surface area (Å²) in [5.74, 6) is 0.499. The summed E-state index contributed by atoms with van der Waals surface area (Å²) < 4.78 is 0. The molecular formula is C20H20N2O3. The van der Waals surface area contributed by atoms with Crippen molar-refractivity contribution >= 4 is 17.3 Å². The van der Waals surface area contributed by atoms with Crippen molar-refractivity contribution in [3.05, 3.63) is 59.7 Å². The Kier molecular flexibility index (Phi) is 4.01. The van der Waals surface area contributed by atoms with Crippen molar-refractivity contribution in [2.75, 3.05) is 18.1 Å². The molecule has 1 unspecified atom stereocenters. The third-order valence-corrected chi connectivity index (χ3v) is 4.72. The lowest BCUT2D eigenvalue weighted by molar-refractivity contribution is -0.120. The number of para-hydroxylation sites is 1. The lowest BCUT2D eigenvalue weighted by Crippen LogP contribution is -2.40. The zero-order valence-corrected chi connectivity index (χ0v) is 13.8. The Hall–Kier alpha value is -2.66. The fraction of sp³-hybridized carbons (Fsp3) is 0.300. The highest BCUT2D eigenvalue weighted by Gasteiger charge is 2.35. The van der Waals surface area contributed by atoms with E-state index < -0.39 is 6.04 Å². The number of aliphatic hydroxyl groups is 1. The fourth-order valence-electron chi connectivity index (χ4n) is 3.24. The molecule has 0 spiro atoms. The quantitative estimate of drug-likeness (QED) is 0.900. The molecule has 1 heterocycles. The molecule has 5 nitrogen and oxygen atoms in total. The zero-order valence-electron chi connectivity index (χ0n) is 13.8. The maximum Gasteiger partial charge on any atom is 0.254 e. The monoisotopic (exact) mass is 336 g/mol. The van der Waals surface area contributed by atoms with Crippen LogP contribution in [0.15, 0.2) is 53.5 Å². The van der Waals surface area contributed by atoms with Gasteiger partial charge in [-0.2, -0.15) is 0 Å². The number of nitrogens with zero attached hydrogens (tertiary/aromatic N) is 2. The first-order valence-electron chi connectivity index (χ1n) is 8.56. The van der Waals surface area contributed by atoms with Crippen LogP contribution in [0.1, 0.15) is 24.0 Å². The van der Waals surface area contributed by atoms with E-state index >= 15 is 0 Å². The van der Waals surface area contributed by atoms with E-state index in [9.17, 15) is 15.0 Å². The second kappa shape index (κ2) is 6.33. The second-order valence-corrected chi connectivity index (χ2v) is 6.64. The zero-order chi connectivity index (χ0) is 17.4. The van der Waals surface area contributed by atoms with E-state index in [0.29, 0.717) is 18.2 Å². The van der Waals surface area contributed by atoms with Gasteiger partial charge in [-0.25, -0.2) is 0 Å². The molecule has 4 rings (SSSR count). The summed E-state index contributed by atoms with van der Waals surface area (Å²) in [7, 11) is 0. The summed E-state index contributed by atoms with van der Waals surface area (Å²) in [6.07, 6.45) is 2.27. The maximum absolute atomic E-state index is 13.0. The lowest BCUT2D eigenvalue weighted by Gasteiger charge is -2.24. The van der Waals surface area contributed by atoms with Crippen LogP contribution in [-0.4, -0.2) is 41.0 Å². The van der Waals surface area contributed by atoms with E-state index in [2.05, 4.69) is 4.99 Å². The Morgan fingerprint density at radius 2 is 1.92 bits per heavy atom. The minimum absolute atomic E-state index is 0.142. The van der Waals surface area contributed by atoms with E-state index in [0.717, 1.165) is 29.7 Å². The minimum Gasteiger partial charge on any atom is -0.508 e. The average Bonchev–Trinajstić information content (AvgIpc) is 3.45. The van der Waals surface area contributed by atoms with E-state index in [1.165, 1.54) is 0 Å². The van der Waals surface area contributed by atoms with Crippen molar-refractivity contribution in [3.63, 3.8) is 0 Å². The molecule has 0 aromatic heterocycles. The number of hydrogen-bond acceptors (Lipinski definition) is 4. The second-order valence-electron chi connectivity index (χ2n) is 6.64. The number of phenols is 1. The summed E-state index contributed by atoms with van der Waals surface area (Å²) in [6.45, 7) is 0.325. The first-order chi connectivity index (χ1) is 12.2.